The average molecular weight is 287 g/mol. The SMILES string of the molecule is CC(O)(CO)CNC(=O)CCSc1ccc(F)cc1. The number of thioether (sulfide) groups is 1. The van der Waals surface area contributed by atoms with Gasteiger partial charge in [0, 0.05) is 23.6 Å². The van der Waals surface area contributed by atoms with E-state index in [1.165, 1.54) is 30.8 Å². The van der Waals surface area contributed by atoms with Gasteiger partial charge in [0.1, 0.15) is 11.4 Å². The van der Waals surface area contributed by atoms with Gasteiger partial charge in [-0.15, -0.1) is 11.8 Å². The summed E-state index contributed by atoms with van der Waals surface area (Å²) in [5.74, 6) is 0.0929. The van der Waals surface area contributed by atoms with Crippen molar-refractivity contribution < 1.29 is 19.4 Å². The van der Waals surface area contributed by atoms with Gasteiger partial charge in [0.25, 0.3) is 0 Å². The van der Waals surface area contributed by atoms with Crippen LogP contribution < -0.4 is 5.32 Å². The van der Waals surface area contributed by atoms with Gasteiger partial charge >= 0.3 is 0 Å². The smallest absolute Gasteiger partial charge is 0.220 e. The maximum absolute atomic E-state index is 12.7. The first-order valence-electron chi connectivity index (χ1n) is 5.91. The molecule has 1 unspecified atom stereocenters. The number of nitrogens with one attached hydrogen (secondary N) is 1. The summed E-state index contributed by atoms with van der Waals surface area (Å²) in [6.45, 7) is 1.06. The summed E-state index contributed by atoms with van der Waals surface area (Å²) in [5.41, 5.74) is -1.29. The fraction of sp³-hybridized carbons (Fsp3) is 0.462. The van der Waals surface area contributed by atoms with Gasteiger partial charge in [0.2, 0.25) is 5.91 Å². The zero-order chi connectivity index (χ0) is 14.3. The number of halogens is 1. The predicted octanol–water partition coefficient (Wildman–Crippen LogP) is 1.17. The van der Waals surface area contributed by atoms with E-state index in [4.69, 9.17) is 5.11 Å². The Morgan fingerprint density at radius 1 is 1.42 bits per heavy atom. The number of hydrogen-bond acceptors (Lipinski definition) is 4. The Morgan fingerprint density at radius 3 is 2.63 bits per heavy atom. The van der Waals surface area contributed by atoms with E-state index in [2.05, 4.69) is 5.32 Å². The van der Waals surface area contributed by atoms with Gasteiger partial charge in [-0.1, -0.05) is 0 Å². The van der Waals surface area contributed by atoms with E-state index in [1.807, 2.05) is 0 Å². The topological polar surface area (TPSA) is 69.6 Å². The summed E-state index contributed by atoms with van der Waals surface area (Å²) < 4.78 is 12.7. The number of aliphatic hydroxyl groups excluding tert-OH is 1. The Hall–Kier alpha value is -1.11. The molecule has 6 heteroatoms. The first-order chi connectivity index (χ1) is 8.93. The van der Waals surface area contributed by atoms with Gasteiger partial charge in [-0.2, -0.15) is 0 Å². The minimum Gasteiger partial charge on any atom is -0.393 e. The summed E-state index contributed by atoms with van der Waals surface area (Å²) in [6.07, 6.45) is 0.295. The molecule has 1 rings (SSSR count). The van der Waals surface area contributed by atoms with Gasteiger partial charge < -0.3 is 15.5 Å². The maximum Gasteiger partial charge on any atom is 0.220 e. The fourth-order valence-corrected chi connectivity index (χ4v) is 2.08. The van der Waals surface area contributed by atoms with E-state index in [9.17, 15) is 14.3 Å². The van der Waals surface area contributed by atoms with Crippen LogP contribution in [0.5, 0.6) is 0 Å². The summed E-state index contributed by atoms with van der Waals surface area (Å²) in [7, 11) is 0. The van der Waals surface area contributed by atoms with E-state index < -0.39 is 12.2 Å². The Bertz CT molecular complexity index is 409. The minimum atomic E-state index is -1.29. The number of aliphatic hydroxyl groups is 2. The quantitative estimate of drug-likeness (QED) is 0.658. The average Bonchev–Trinajstić information content (AvgIpc) is 2.39. The van der Waals surface area contributed by atoms with E-state index in [0.717, 1.165) is 4.90 Å². The van der Waals surface area contributed by atoms with Gasteiger partial charge in [-0.25, -0.2) is 4.39 Å². The van der Waals surface area contributed by atoms with Crippen molar-refractivity contribution in [2.75, 3.05) is 18.9 Å². The second kappa shape index (κ2) is 7.47. The first-order valence-corrected chi connectivity index (χ1v) is 6.90. The van der Waals surface area contributed by atoms with Crippen LogP contribution >= 0.6 is 11.8 Å². The Morgan fingerprint density at radius 2 is 2.05 bits per heavy atom. The molecule has 1 aromatic carbocycles. The second-order valence-corrected chi connectivity index (χ2v) is 5.65. The highest BCUT2D eigenvalue weighted by Crippen LogP contribution is 2.18. The Kier molecular flexibility index (Phi) is 6.27. The van der Waals surface area contributed by atoms with Crippen LogP contribution in [-0.4, -0.2) is 40.6 Å². The molecule has 1 atom stereocenters. The lowest BCUT2D eigenvalue weighted by Crippen LogP contribution is -2.43. The van der Waals surface area contributed by atoms with Crippen LogP contribution in [0, 0.1) is 5.82 Å². The molecule has 106 valence electrons. The summed E-state index contributed by atoms with van der Waals surface area (Å²) in [5, 5.41) is 20.9. The van der Waals surface area contributed by atoms with Crippen molar-refractivity contribution >= 4 is 17.7 Å². The Balaban J connectivity index is 2.22. The lowest BCUT2D eigenvalue weighted by Gasteiger charge is -2.20. The molecule has 0 aliphatic heterocycles. The van der Waals surface area contributed by atoms with Crippen LogP contribution in [0.15, 0.2) is 29.2 Å². The van der Waals surface area contributed by atoms with E-state index in [-0.39, 0.29) is 18.3 Å². The largest absolute Gasteiger partial charge is 0.393 e. The molecule has 0 heterocycles. The molecule has 0 fully saturated rings. The molecule has 0 saturated heterocycles. The van der Waals surface area contributed by atoms with Gasteiger partial charge in [0.15, 0.2) is 0 Å². The fourth-order valence-electron chi connectivity index (χ4n) is 1.23. The Labute approximate surface area is 116 Å². The van der Waals surface area contributed by atoms with Crippen LogP contribution in [0.4, 0.5) is 4.39 Å². The third kappa shape index (κ3) is 6.56. The lowest BCUT2D eigenvalue weighted by atomic mass is 10.1. The predicted molar refractivity (Wildman–Crippen MR) is 72.5 cm³/mol. The molecule has 3 N–H and O–H groups in total. The van der Waals surface area contributed by atoms with Crippen LogP contribution in [0.25, 0.3) is 0 Å². The molecular formula is C13H18FNO3S. The lowest BCUT2D eigenvalue weighted by molar-refractivity contribution is -0.122. The highest BCUT2D eigenvalue weighted by molar-refractivity contribution is 7.99. The minimum absolute atomic E-state index is 0.0174. The van der Waals surface area contributed by atoms with Crippen LogP contribution in [-0.2, 0) is 4.79 Å². The molecular weight excluding hydrogens is 269 g/mol. The molecule has 0 spiro atoms. The van der Waals surface area contributed by atoms with Gasteiger partial charge in [-0.3, -0.25) is 4.79 Å². The highest BCUT2D eigenvalue weighted by atomic mass is 32.2. The highest BCUT2D eigenvalue weighted by Gasteiger charge is 2.19. The van der Waals surface area contributed by atoms with Crippen molar-refractivity contribution in [3.63, 3.8) is 0 Å². The number of amides is 1. The zero-order valence-electron chi connectivity index (χ0n) is 10.7. The molecule has 0 radical (unpaired) electrons. The third-order valence-electron chi connectivity index (χ3n) is 2.42. The van der Waals surface area contributed by atoms with E-state index in [0.29, 0.717) is 12.2 Å². The molecule has 0 aromatic heterocycles. The number of rotatable bonds is 7. The van der Waals surface area contributed by atoms with Crippen LogP contribution in [0.1, 0.15) is 13.3 Å². The van der Waals surface area contributed by atoms with E-state index >= 15 is 0 Å². The molecule has 19 heavy (non-hydrogen) atoms. The molecule has 0 aliphatic carbocycles. The van der Waals surface area contributed by atoms with E-state index in [1.54, 1.807) is 12.1 Å². The second-order valence-electron chi connectivity index (χ2n) is 4.48. The summed E-state index contributed by atoms with van der Waals surface area (Å²) in [4.78, 5) is 12.4. The van der Waals surface area contributed by atoms with Crippen molar-refractivity contribution in [1.82, 2.24) is 5.32 Å². The molecule has 1 aromatic rings. The third-order valence-corrected chi connectivity index (χ3v) is 3.43. The van der Waals surface area contributed by atoms with Crippen molar-refractivity contribution in [3.05, 3.63) is 30.1 Å². The summed E-state index contributed by atoms with van der Waals surface area (Å²) >= 11 is 1.46. The number of carbonyl (C=O) groups excluding carboxylic acids is 1. The monoisotopic (exact) mass is 287 g/mol. The van der Waals surface area contributed by atoms with Crippen molar-refractivity contribution in [3.8, 4) is 0 Å². The molecule has 0 saturated carbocycles. The summed E-state index contributed by atoms with van der Waals surface area (Å²) in [6, 6.07) is 6.07. The number of carbonyl (C=O) groups is 1. The molecule has 0 bridgehead atoms. The molecule has 4 nitrogen and oxygen atoms in total. The molecule has 1 amide bonds. The van der Waals surface area contributed by atoms with Crippen LogP contribution in [0.2, 0.25) is 0 Å². The normalized spacial score (nSPS) is 13.9. The van der Waals surface area contributed by atoms with Gasteiger partial charge in [0.05, 0.1) is 6.61 Å². The van der Waals surface area contributed by atoms with Crippen molar-refractivity contribution in [2.24, 2.45) is 0 Å². The first kappa shape index (κ1) is 15.9. The zero-order valence-corrected chi connectivity index (χ0v) is 11.5. The maximum atomic E-state index is 12.7. The number of hydrogen-bond donors (Lipinski definition) is 3. The van der Waals surface area contributed by atoms with Crippen LogP contribution in [0.3, 0.4) is 0 Å². The van der Waals surface area contributed by atoms with Gasteiger partial charge in [-0.05, 0) is 31.2 Å². The van der Waals surface area contributed by atoms with Crippen molar-refractivity contribution in [1.29, 1.82) is 0 Å². The van der Waals surface area contributed by atoms with Crippen molar-refractivity contribution in [2.45, 2.75) is 23.8 Å². The molecule has 0 aliphatic rings. The number of benzene rings is 1. The standard InChI is InChI=1S/C13H18FNO3S/c1-13(18,9-16)8-15-12(17)6-7-19-11-4-2-10(14)3-5-11/h2-5,16,18H,6-9H2,1H3,(H,15,17).